The summed E-state index contributed by atoms with van der Waals surface area (Å²) in [6, 6.07) is 4.23. The lowest BCUT2D eigenvalue weighted by Crippen LogP contribution is -2.53. The number of hydrogen-bond donors (Lipinski definition) is 2. The van der Waals surface area contributed by atoms with Crippen LogP contribution in [-0.2, 0) is 23.0 Å². The Labute approximate surface area is 204 Å². The second-order valence-electron chi connectivity index (χ2n) is 9.93. The van der Waals surface area contributed by atoms with Crippen molar-refractivity contribution in [3.05, 3.63) is 41.1 Å². The van der Waals surface area contributed by atoms with Crippen molar-refractivity contribution in [3.63, 3.8) is 0 Å². The molecule has 6 rings (SSSR count). The van der Waals surface area contributed by atoms with Crippen LogP contribution >= 0.6 is 11.6 Å². The lowest BCUT2D eigenvalue weighted by atomic mass is 9.92. The van der Waals surface area contributed by atoms with Gasteiger partial charge in [-0.2, -0.15) is 0 Å². The van der Waals surface area contributed by atoms with Crippen LogP contribution in [0.3, 0.4) is 0 Å². The summed E-state index contributed by atoms with van der Waals surface area (Å²) in [5, 5.41) is 1.51. The molecule has 1 saturated carbocycles. The van der Waals surface area contributed by atoms with Crippen LogP contribution in [0, 0.1) is 11.8 Å². The first-order chi connectivity index (χ1) is 16.3. The number of aromatic amines is 1. The summed E-state index contributed by atoms with van der Waals surface area (Å²) >= 11 is 6.36. The molecular weight excluding hydrogens is 474 g/mol. The average molecular weight is 502 g/mol. The SMILES string of the molecule is CC1Cc2ncnc(N3C[C@H]4CC[C@@H](C3)C4NS(C)(=O)=O)c2CN1c1cc(Cl)nc2[nH]ccc12. The Kier molecular flexibility index (Phi) is 5.23. The van der Waals surface area contributed by atoms with Crippen molar-refractivity contribution in [1.29, 1.82) is 0 Å². The van der Waals surface area contributed by atoms with E-state index in [0.717, 1.165) is 66.1 Å². The van der Waals surface area contributed by atoms with E-state index < -0.39 is 10.0 Å². The summed E-state index contributed by atoms with van der Waals surface area (Å²) in [4.78, 5) is 21.7. The number of piperidine rings is 1. The molecule has 3 aliphatic rings. The molecule has 2 bridgehead atoms. The van der Waals surface area contributed by atoms with Crippen LogP contribution < -0.4 is 14.5 Å². The van der Waals surface area contributed by atoms with Crippen LogP contribution in [0.1, 0.15) is 31.0 Å². The standard InChI is InChI=1S/C23H28ClN7O2S/c1-13-7-18-17(11-31(13)19-8-20(24)28-22-16(19)5-6-25-22)23(27-12-26-18)30-9-14-3-4-15(10-30)21(14)29-34(2,32)33/h5-6,8,12-15,21,29H,3-4,7,9-11H2,1-2H3,(H,25,28)/t13?,14-,15+,21?. The Morgan fingerprint density at radius 1 is 1.21 bits per heavy atom. The number of nitrogens with one attached hydrogen (secondary N) is 2. The Balaban J connectivity index is 1.33. The van der Waals surface area contributed by atoms with Crippen LogP contribution in [0.15, 0.2) is 24.7 Å². The van der Waals surface area contributed by atoms with Gasteiger partial charge in [-0.25, -0.2) is 28.1 Å². The predicted molar refractivity (Wildman–Crippen MR) is 133 cm³/mol. The molecule has 1 aliphatic carbocycles. The fourth-order valence-electron chi connectivity index (χ4n) is 6.15. The lowest BCUT2D eigenvalue weighted by Gasteiger charge is -2.42. The molecule has 1 saturated heterocycles. The highest BCUT2D eigenvalue weighted by Crippen LogP contribution is 2.41. The molecule has 11 heteroatoms. The molecule has 5 heterocycles. The van der Waals surface area contributed by atoms with Crippen molar-refractivity contribution < 1.29 is 8.42 Å². The molecular formula is C23H28ClN7O2S. The van der Waals surface area contributed by atoms with Gasteiger partial charge in [-0.1, -0.05) is 11.6 Å². The molecule has 34 heavy (non-hydrogen) atoms. The first-order valence-corrected chi connectivity index (χ1v) is 14.0. The van der Waals surface area contributed by atoms with Crippen molar-refractivity contribution >= 4 is 44.2 Å². The van der Waals surface area contributed by atoms with Crippen molar-refractivity contribution in [3.8, 4) is 0 Å². The van der Waals surface area contributed by atoms with Gasteiger partial charge in [-0.15, -0.1) is 0 Å². The maximum atomic E-state index is 11.9. The average Bonchev–Trinajstić information content (AvgIpc) is 3.31. The molecule has 2 N–H and O–H groups in total. The predicted octanol–water partition coefficient (Wildman–Crippen LogP) is 2.72. The highest BCUT2D eigenvalue weighted by Gasteiger charge is 2.44. The van der Waals surface area contributed by atoms with Gasteiger partial charge >= 0.3 is 0 Å². The third-order valence-electron chi connectivity index (χ3n) is 7.63. The zero-order chi connectivity index (χ0) is 23.6. The molecule has 0 aromatic carbocycles. The number of anilines is 2. The van der Waals surface area contributed by atoms with Gasteiger partial charge in [-0.05, 0) is 43.7 Å². The van der Waals surface area contributed by atoms with E-state index in [-0.39, 0.29) is 23.9 Å². The summed E-state index contributed by atoms with van der Waals surface area (Å²) in [5.74, 6) is 1.55. The van der Waals surface area contributed by atoms with Crippen LogP contribution in [0.25, 0.3) is 11.0 Å². The smallest absolute Gasteiger partial charge is 0.208 e. The van der Waals surface area contributed by atoms with Crippen molar-refractivity contribution in [1.82, 2.24) is 24.7 Å². The molecule has 0 spiro atoms. The molecule has 0 amide bonds. The van der Waals surface area contributed by atoms with Gasteiger partial charge in [0, 0.05) is 55.3 Å². The minimum absolute atomic E-state index is 0.0151. The molecule has 2 unspecified atom stereocenters. The Hall–Kier alpha value is -2.43. The van der Waals surface area contributed by atoms with E-state index in [1.807, 2.05) is 18.3 Å². The van der Waals surface area contributed by atoms with Crippen LogP contribution in [0.2, 0.25) is 5.15 Å². The van der Waals surface area contributed by atoms with Crippen molar-refractivity contribution in [2.75, 3.05) is 29.1 Å². The summed E-state index contributed by atoms with van der Waals surface area (Å²) in [6.45, 7) is 4.49. The number of halogens is 1. The molecule has 9 nitrogen and oxygen atoms in total. The maximum Gasteiger partial charge on any atom is 0.208 e. The first kappa shape index (κ1) is 22.1. The van der Waals surface area contributed by atoms with Gasteiger partial charge in [0.15, 0.2) is 0 Å². The van der Waals surface area contributed by atoms with Gasteiger partial charge in [0.1, 0.15) is 22.9 Å². The second-order valence-corrected chi connectivity index (χ2v) is 12.1. The minimum Gasteiger partial charge on any atom is -0.363 e. The number of aromatic nitrogens is 4. The van der Waals surface area contributed by atoms with E-state index in [1.54, 1.807) is 6.33 Å². The molecule has 2 aliphatic heterocycles. The van der Waals surface area contributed by atoms with Crippen LogP contribution in [0.4, 0.5) is 11.5 Å². The van der Waals surface area contributed by atoms with E-state index in [2.05, 4.69) is 36.4 Å². The van der Waals surface area contributed by atoms with Gasteiger partial charge in [0.25, 0.3) is 0 Å². The third-order valence-corrected chi connectivity index (χ3v) is 8.52. The van der Waals surface area contributed by atoms with Gasteiger partial charge in [-0.3, -0.25) is 0 Å². The van der Waals surface area contributed by atoms with E-state index in [4.69, 9.17) is 16.6 Å². The van der Waals surface area contributed by atoms with Gasteiger partial charge in [0.05, 0.1) is 17.6 Å². The molecule has 0 radical (unpaired) electrons. The molecule has 180 valence electrons. The first-order valence-electron chi connectivity index (χ1n) is 11.7. The van der Waals surface area contributed by atoms with Crippen LogP contribution in [0.5, 0.6) is 0 Å². The third kappa shape index (κ3) is 3.81. The van der Waals surface area contributed by atoms with Gasteiger partial charge in [0.2, 0.25) is 10.0 Å². The zero-order valence-corrected chi connectivity index (χ0v) is 20.8. The number of H-pyrrole nitrogens is 1. The summed E-state index contributed by atoms with van der Waals surface area (Å²) in [7, 11) is -3.23. The fourth-order valence-corrected chi connectivity index (χ4v) is 7.22. The Morgan fingerprint density at radius 3 is 2.71 bits per heavy atom. The van der Waals surface area contributed by atoms with E-state index >= 15 is 0 Å². The number of fused-ring (bicyclic) bond motifs is 4. The molecule has 3 aromatic heterocycles. The van der Waals surface area contributed by atoms with E-state index in [1.165, 1.54) is 6.26 Å². The summed E-state index contributed by atoms with van der Waals surface area (Å²) < 4.78 is 26.7. The Morgan fingerprint density at radius 2 is 1.97 bits per heavy atom. The maximum absolute atomic E-state index is 11.9. The normalized spacial score (nSPS) is 26.8. The largest absolute Gasteiger partial charge is 0.363 e. The number of rotatable bonds is 4. The topological polar surface area (TPSA) is 107 Å². The fraction of sp³-hybridized carbons (Fsp3) is 0.522. The number of sulfonamides is 1. The molecule has 4 atom stereocenters. The van der Waals surface area contributed by atoms with Crippen molar-refractivity contribution in [2.45, 2.75) is 44.8 Å². The highest BCUT2D eigenvalue weighted by molar-refractivity contribution is 7.88. The second kappa shape index (κ2) is 8.07. The zero-order valence-electron chi connectivity index (χ0n) is 19.2. The highest BCUT2D eigenvalue weighted by atomic mass is 35.5. The lowest BCUT2D eigenvalue weighted by molar-refractivity contribution is 0.330. The molecule has 2 fully saturated rings. The van der Waals surface area contributed by atoms with E-state index in [0.29, 0.717) is 11.7 Å². The number of pyridine rings is 1. The number of hydrogen-bond acceptors (Lipinski definition) is 7. The van der Waals surface area contributed by atoms with E-state index in [9.17, 15) is 8.42 Å². The Bertz CT molecular complexity index is 1350. The summed E-state index contributed by atoms with van der Waals surface area (Å²) in [5.41, 5.74) is 4.07. The van der Waals surface area contributed by atoms with Crippen molar-refractivity contribution in [2.24, 2.45) is 11.8 Å². The van der Waals surface area contributed by atoms with Gasteiger partial charge < -0.3 is 14.8 Å². The quantitative estimate of drug-likeness (QED) is 0.529. The van der Waals surface area contributed by atoms with Crippen LogP contribution in [-0.4, -0.2) is 59.8 Å². The number of nitrogens with zero attached hydrogens (tertiary/aromatic N) is 5. The molecule has 3 aromatic rings. The monoisotopic (exact) mass is 501 g/mol. The summed E-state index contributed by atoms with van der Waals surface area (Å²) in [6.07, 6.45) is 7.70. The minimum atomic E-state index is -3.23.